The van der Waals surface area contributed by atoms with Crippen LogP contribution < -0.4 is 4.90 Å². The third-order valence-electron chi connectivity index (χ3n) is 2.65. The molecule has 1 aromatic rings. The average molecular weight is 279 g/mol. The molecule has 0 spiro atoms. The molecule has 0 unspecified atom stereocenters. The molecule has 0 heterocycles. The molecule has 0 amide bonds. The van der Waals surface area contributed by atoms with Gasteiger partial charge in [0, 0.05) is 37.5 Å². The summed E-state index contributed by atoms with van der Waals surface area (Å²) in [4.78, 5) is 12.5. The largest absolute Gasteiger partial charge is 0.478 e. The van der Waals surface area contributed by atoms with E-state index < -0.39 is 11.8 Å². The van der Waals surface area contributed by atoms with Crippen LogP contribution in [0, 0.1) is 5.82 Å². The van der Waals surface area contributed by atoms with Crippen molar-refractivity contribution in [2.75, 3.05) is 31.7 Å². The molecule has 0 aliphatic rings. The smallest absolute Gasteiger partial charge is 0.328 e. The van der Waals surface area contributed by atoms with Gasteiger partial charge in [0.15, 0.2) is 0 Å². The van der Waals surface area contributed by atoms with E-state index in [2.05, 4.69) is 6.58 Å². The number of methoxy groups -OCH3 is 1. The van der Waals surface area contributed by atoms with Gasteiger partial charge in [-0.25, -0.2) is 9.18 Å². The summed E-state index contributed by atoms with van der Waals surface area (Å²) in [5.74, 6) is -1.49. The van der Waals surface area contributed by atoms with Crippen LogP contribution in [0.4, 0.5) is 10.1 Å². The van der Waals surface area contributed by atoms with Crippen LogP contribution in [0.2, 0.25) is 0 Å². The molecule has 0 bridgehead atoms. The van der Waals surface area contributed by atoms with Gasteiger partial charge in [0.05, 0.1) is 6.61 Å². The van der Waals surface area contributed by atoms with Crippen LogP contribution >= 0.6 is 0 Å². The zero-order valence-corrected chi connectivity index (χ0v) is 11.4. The summed E-state index contributed by atoms with van der Waals surface area (Å²) in [6, 6.07) is 4.27. The lowest BCUT2D eigenvalue weighted by Gasteiger charge is -2.25. The van der Waals surface area contributed by atoms with E-state index in [4.69, 9.17) is 9.84 Å². The molecule has 1 N–H and O–H groups in total. The highest BCUT2D eigenvalue weighted by molar-refractivity contribution is 5.87. The number of benzene rings is 1. The number of aliphatic carboxylic acids is 1. The van der Waals surface area contributed by atoms with Crippen molar-refractivity contribution in [3.8, 4) is 0 Å². The number of hydrogen-bond donors (Lipinski definition) is 1. The minimum Gasteiger partial charge on any atom is -0.478 e. The minimum absolute atomic E-state index is 0.413. The van der Waals surface area contributed by atoms with Gasteiger partial charge in [-0.05, 0) is 24.3 Å². The third kappa shape index (κ3) is 4.85. The van der Waals surface area contributed by atoms with E-state index in [1.54, 1.807) is 19.3 Å². The van der Waals surface area contributed by atoms with Crippen molar-refractivity contribution in [2.24, 2.45) is 0 Å². The molecule has 108 valence electrons. The Bertz CT molecular complexity index is 500. The fourth-order valence-electron chi connectivity index (χ4n) is 1.78. The van der Waals surface area contributed by atoms with E-state index in [1.807, 2.05) is 4.90 Å². The molecule has 0 aromatic heterocycles. The Labute approximate surface area is 117 Å². The van der Waals surface area contributed by atoms with Crippen LogP contribution in [0.1, 0.15) is 5.56 Å². The van der Waals surface area contributed by atoms with E-state index in [0.29, 0.717) is 25.3 Å². The summed E-state index contributed by atoms with van der Waals surface area (Å²) in [5, 5.41) is 8.69. The average Bonchev–Trinajstić information content (AvgIpc) is 2.41. The molecule has 0 fully saturated rings. The topological polar surface area (TPSA) is 49.8 Å². The number of halogens is 1. The standard InChI is InChI=1S/C15H18FNO3/c1-3-8-17(9-10-20-2)14-6-5-13(16)11-12(14)4-7-15(18)19/h3-7,11H,1,8-10H2,2H3,(H,18,19)/b7-4+. The second kappa shape index (κ2) is 8.12. The fourth-order valence-corrected chi connectivity index (χ4v) is 1.78. The van der Waals surface area contributed by atoms with Crippen LogP contribution in [0.25, 0.3) is 6.08 Å². The maximum absolute atomic E-state index is 13.3. The first-order valence-electron chi connectivity index (χ1n) is 6.13. The summed E-state index contributed by atoms with van der Waals surface area (Å²) >= 11 is 0. The first kappa shape index (κ1) is 15.9. The minimum atomic E-state index is -1.08. The highest BCUT2D eigenvalue weighted by Gasteiger charge is 2.10. The van der Waals surface area contributed by atoms with E-state index in [0.717, 1.165) is 11.8 Å². The highest BCUT2D eigenvalue weighted by Crippen LogP contribution is 2.23. The molecule has 4 nitrogen and oxygen atoms in total. The van der Waals surface area contributed by atoms with Gasteiger partial charge < -0.3 is 14.7 Å². The molecule has 20 heavy (non-hydrogen) atoms. The number of nitrogens with zero attached hydrogens (tertiary/aromatic N) is 1. The Balaban J connectivity index is 3.11. The molecule has 0 saturated carbocycles. The van der Waals surface area contributed by atoms with Gasteiger partial charge in [-0.15, -0.1) is 6.58 Å². The lowest BCUT2D eigenvalue weighted by atomic mass is 10.1. The van der Waals surface area contributed by atoms with Gasteiger partial charge in [-0.3, -0.25) is 0 Å². The first-order chi connectivity index (χ1) is 9.58. The van der Waals surface area contributed by atoms with Gasteiger partial charge in [0.25, 0.3) is 0 Å². The zero-order chi connectivity index (χ0) is 15.0. The fraction of sp³-hybridized carbons (Fsp3) is 0.267. The van der Waals surface area contributed by atoms with Crippen LogP contribution in [0.5, 0.6) is 0 Å². The number of anilines is 1. The van der Waals surface area contributed by atoms with Gasteiger partial charge in [0.1, 0.15) is 5.82 Å². The predicted octanol–water partition coefficient (Wildman–Crippen LogP) is 2.56. The van der Waals surface area contributed by atoms with E-state index >= 15 is 0 Å². The Morgan fingerprint density at radius 2 is 2.30 bits per heavy atom. The summed E-state index contributed by atoms with van der Waals surface area (Å²) in [5.41, 5.74) is 1.24. The number of carboxylic acids is 1. The SMILES string of the molecule is C=CCN(CCOC)c1ccc(F)cc1/C=C/C(=O)O. The van der Waals surface area contributed by atoms with Gasteiger partial charge in [-0.1, -0.05) is 6.08 Å². The summed E-state index contributed by atoms with van der Waals surface area (Å²) in [6.45, 7) is 5.35. The number of carbonyl (C=O) groups is 1. The Morgan fingerprint density at radius 1 is 1.55 bits per heavy atom. The maximum atomic E-state index is 13.3. The lowest BCUT2D eigenvalue weighted by molar-refractivity contribution is -0.131. The summed E-state index contributed by atoms with van der Waals surface area (Å²) < 4.78 is 18.4. The monoisotopic (exact) mass is 279 g/mol. The number of carboxylic acid groups (broad SMARTS) is 1. The second-order valence-corrected chi connectivity index (χ2v) is 4.10. The lowest BCUT2D eigenvalue weighted by Crippen LogP contribution is -2.28. The molecule has 5 heteroatoms. The van der Waals surface area contributed by atoms with Crippen molar-refractivity contribution in [1.29, 1.82) is 0 Å². The van der Waals surface area contributed by atoms with Crippen molar-refractivity contribution in [3.63, 3.8) is 0 Å². The van der Waals surface area contributed by atoms with Crippen LogP contribution in [-0.4, -0.2) is 37.9 Å². The number of ether oxygens (including phenoxy) is 1. The molecule has 1 aromatic carbocycles. The Morgan fingerprint density at radius 3 is 2.90 bits per heavy atom. The van der Waals surface area contributed by atoms with Crippen molar-refractivity contribution in [2.45, 2.75) is 0 Å². The normalized spacial score (nSPS) is 10.7. The highest BCUT2D eigenvalue weighted by atomic mass is 19.1. The van der Waals surface area contributed by atoms with E-state index in [-0.39, 0.29) is 0 Å². The second-order valence-electron chi connectivity index (χ2n) is 4.10. The molecule has 1 rings (SSSR count). The molecule has 0 radical (unpaired) electrons. The molecule has 0 aliphatic heterocycles. The molecule has 0 atom stereocenters. The van der Waals surface area contributed by atoms with Crippen LogP contribution in [-0.2, 0) is 9.53 Å². The van der Waals surface area contributed by atoms with Gasteiger partial charge in [0.2, 0.25) is 0 Å². The Hall–Kier alpha value is -2.14. The van der Waals surface area contributed by atoms with Crippen molar-refractivity contribution in [3.05, 3.63) is 48.3 Å². The van der Waals surface area contributed by atoms with Gasteiger partial charge in [-0.2, -0.15) is 0 Å². The first-order valence-corrected chi connectivity index (χ1v) is 6.13. The van der Waals surface area contributed by atoms with Gasteiger partial charge >= 0.3 is 5.97 Å². The quantitative estimate of drug-likeness (QED) is 0.587. The number of rotatable bonds is 8. The third-order valence-corrected chi connectivity index (χ3v) is 2.65. The number of hydrogen-bond acceptors (Lipinski definition) is 3. The Kier molecular flexibility index (Phi) is 6.46. The molecular weight excluding hydrogens is 261 g/mol. The van der Waals surface area contributed by atoms with E-state index in [9.17, 15) is 9.18 Å². The summed E-state index contributed by atoms with van der Waals surface area (Å²) in [6.07, 6.45) is 4.09. The van der Waals surface area contributed by atoms with Crippen molar-refractivity contribution < 1.29 is 19.0 Å². The molecular formula is C15H18FNO3. The van der Waals surface area contributed by atoms with E-state index in [1.165, 1.54) is 18.2 Å². The van der Waals surface area contributed by atoms with Crippen LogP contribution in [0.15, 0.2) is 36.9 Å². The maximum Gasteiger partial charge on any atom is 0.328 e. The predicted molar refractivity (Wildman–Crippen MR) is 77.4 cm³/mol. The van der Waals surface area contributed by atoms with Crippen molar-refractivity contribution in [1.82, 2.24) is 0 Å². The van der Waals surface area contributed by atoms with Crippen molar-refractivity contribution >= 4 is 17.7 Å². The molecule has 0 aliphatic carbocycles. The van der Waals surface area contributed by atoms with Crippen LogP contribution in [0.3, 0.4) is 0 Å². The summed E-state index contributed by atoms with van der Waals surface area (Å²) in [7, 11) is 1.60. The molecule has 0 saturated heterocycles. The zero-order valence-electron chi connectivity index (χ0n) is 11.4.